The van der Waals surface area contributed by atoms with E-state index in [9.17, 15) is 4.79 Å². The van der Waals surface area contributed by atoms with Crippen molar-refractivity contribution in [3.8, 4) is 5.06 Å². The Morgan fingerprint density at radius 3 is 2.83 bits per heavy atom. The Kier molecular flexibility index (Phi) is 2.92. The first kappa shape index (κ1) is 9.32. The molecule has 1 heterocycles. The summed E-state index contributed by atoms with van der Waals surface area (Å²) in [6.45, 7) is 1.32. The second kappa shape index (κ2) is 3.76. The molecule has 0 N–H and O–H groups in total. The second-order valence-corrected chi connectivity index (χ2v) is 2.96. The number of carbonyl (C=O) groups is 1. The van der Waals surface area contributed by atoms with Gasteiger partial charge in [-0.2, -0.15) is 4.37 Å². The van der Waals surface area contributed by atoms with E-state index in [1.54, 1.807) is 6.07 Å². The van der Waals surface area contributed by atoms with Gasteiger partial charge < -0.3 is 4.74 Å². The van der Waals surface area contributed by atoms with Crippen LogP contribution in [0.4, 0.5) is 0 Å². The smallest absolute Gasteiger partial charge is 0.308 e. The summed E-state index contributed by atoms with van der Waals surface area (Å²) >= 11 is 1.05. The van der Waals surface area contributed by atoms with Crippen LogP contribution in [-0.2, 0) is 4.79 Å². The van der Waals surface area contributed by atoms with Crippen LogP contribution in [0.1, 0.15) is 18.3 Å². The molecule has 12 heavy (non-hydrogen) atoms. The van der Waals surface area contributed by atoms with Gasteiger partial charge in [0.15, 0.2) is 0 Å². The van der Waals surface area contributed by atoms with Crippen LogP contribution in [-0.4, -0.2) is 26.0 Å². The monoisotopic (exact) mass is 177 g/mol. The number of nitrogens with zero attached hydrogens (tertiary/aromatic N) is 1. The molecular formula is C6H5B2NO2S. The zero-order valence-corrected chi connectivity index (χ0v) is 7.30. The first-order valence-electron chi connectivity index (χ1n) is 3.26. The summed E-state index contributed by atoms with van der Waals surface area (Å²) in [4.78, 5) is 10.5. The zero-order chi connectivity index (χ0) is 9.14. The van der Waals surface area contributed by atoms with Crippen LogP contribution in [0.15, 0.2) is 6.07 Å². The van der Waals surface area contributed by atoms with Gasteiger partial charge in [0.2, 0.25) is 5.06 Å². The fourth-order valence-corrected chi connectivity index (χ4v) is 1.32. The third-order valence-corrected chi connectivity index (χ3v) is 1.78. The van der Waals surface area contributed by atoms with E-state index in [1.807, 2.05) is 0 Å². The predicted octanol–water partition coefficient (Wildman–Crippen LogP) is 0.404. The van der Waals surface area contributed by atoms with E-state index in [4.69, 9.17) is 20.4 Å². The normalized spacial score (nSPS) is 10.2. The van der Waals surface area contributed by atoms with Crippen molar-refractivity contribution in [2.24, 2.45) is 0 Å². The summed E-state index contributed by atoms with van der Waals surface area (Å²) in [6, 6.07) is 1.55. The lowest BCUT2D eigenvalue weighted by Gasteiger charge is -1.96. The Morgan fingerprint density at radius 1 is 1.75 bits per heavy atom. The Bertz CT molecular complexity index is 287. The first-order valence-corrected chi connectivity index (χ1v) is 4.03. The Labute approximate surface area is 77.1 Å². The quantitative estimate of drug-likeness (QED) is 0.484. The van der Waals surface area contributed by atoms with Crippen LogP contribution >= 0.6 is 11.5 Å². The minimum atomic E-state index is -0.620. The standard InChI is InChI=1S/C6H5B2NO2S/c1-3(10)11-5-2-4(6(7)8)9-12-5/h2,6H,1H3. The minimum absolute atomic E-state index is 0.379. The molecule has 0 bridgehead atoms. The highest BCUT2D eigenvalue weighted by molar-refractivity contribution is 7.07. The van der Waals surface area contributed by atoms with Crippen molar-refractivity contribution in [3.05, 3.63) is 11.8 Å². The molecule has 3 nitrogen and oxygen atoms in total. The van der Waals surface area contributed by atoms with Gasteiger partial charge in [-0.1, -0.05) is 5.72 Å². The van der Waals surface area contributed by atoms with Crippen molar-refractivity contribution in [2.45, 2.75) is 12.6 Å². The molecule has 4 radical (unpaired) electrons. The Balaban J connectivity index is 2.70. The summed E-state index contributed by atoms with van der Waals surface area (Å²) in [5, 5.41) is 0.415. The highest BCUT2D eigenvalue weighted by Gasteiger charge is 2.06. The molecule has 0 aliphatic rings. The van der Waals surface area contributed by atoms with Crippen molar-refractivity contribution < 1.29 is 9.53 Å². The molecule has 0 amide bonds. The summed E-state index contributed by atoms with van der Waals surface area (Å²) in [6.07, 6.45) is 0. The largest absolute Gasteiger partial charge is 0.414 e. The van der Waals surface area contributed by atoms with E-state index in [1.165, 1.54) is 6.92 Å². The molecule has 0 unspecified atom stereocenters. The molecule has 6 heteroatoms. The van der Waals surface area contributed by atoms with Crippen LogP contribution in [0.5, 0.6) is 5.06 Å². The second-order valence-electron chi connectivity index (χ2n) is 2.19. The van der Waals surface area contributed by atoms with Crippen LogP contribution < -0.4 is 4.74 Å². The van der Waals surface area contributed by atoms with Crippen molar-refractivity contribution in [2.75, 3.05) is 0 Å². The van der Waals surface area contributed by atoms with E-state index in [0.717, 1.165) is 11.5 Å². The summed E-state index contributed by atoms with van der Waals surface area (Å²) in [5.41, 5.74) is -0.0955. The average Bonchev–Trinajstić information content (AvgIpc) is 2.34. The molecule has 0 saturated heterocycles. The van der Waals surface area contributed by atoms with Crippen LogP contribution in [0.3, 0.4) is 0 Å². The predicted molar refractivity (Wildman–Crippen MR) is 47.7 cm³/mol. The van der Waals surface area contributed by atoms with Crippen molar-refractivity contribution in [3.63, 3.8) is 0 Å². The number of esters is 1. The van der Waals surface area contributed by atoms with Crippen molar-refractivity contribution in [1.82, 2.24) is 4.37 Å². The highest BCUT2D eigenvalue weighted by Crippen LogP contribution is 2.21. The SMILES string of the molecule is [B]C([B])c1cc(OC(C)=O)sn1. The molecule has 0 saturated carbocycles. The maximum atomic E-state index is 10.5. The first-order chi connectivity index (χ1) is 5.59. The number of hydrogen-bond acceptors (Lipinski definition) is 4. The summed E-state index contributed by atoms with van der Waals surface area (Å²) in [7, 11) is 10.7. The number of aromatic nitrogens is 1. The molecule has 0 atom stereocenters. The zero-order valence-electron chi connectivity index (χ0n) is 6.48. The Morgan fingerprint density at radius 2 is 2.42 bits per heavy atom. The van der Waals surface area contributed by atoms with Gasteiger partial charge in [0, 0.05) is 30.2 Å². The van der Waals surface area contributed by atoms with Gasteiger partial charge in [0.05, 0.1) is 15.7 Å². The number of rotatable bonds is 2. The van der Waals surface area contributed by atoms with Gasteiger partial charge in [0.1, 0.15) is 0 Å². The maximum Gasteiger partial charge on any atom is 0.308 e. The lowest BCUT2D eigenvalue weighted by molar-refractivity contribution is -0.131. The maximum absolute atomic E-state index is 10.5. The molecule has 0 aromatic carbocycles. The topological polar surface area (TPSA) is 39.2 Å². The Hall–Kier alpha value is -0.770. The third kappa shape index (κ3) is 2.37. The lowest BCUT2D eigenvalue weighted by atomic mass is 9.69. The summed E-state index contributed by atoms with van der Waals surface area (Å²) < 4.78 is 8.63. The lowest BCUT2D eigenvalue weighted by Crippen LogP contribution is -1.99. The van der Waals surface area contributed by atoms with Gasteiger partial charge in [-0.15, -0.1) is 0 Å². The van der Waals surface area contributed by atoms with Gasteiger partial charge in [-0.3, -0.25) is 4.79 Å². The molecular weight excluding hydrogens is 172 g/mol. The van der Waals surface area contributed by atoms with E-state index in [2.05, 4.69) is 4.37 Å². The summed E-state index contributed by atoms with van der Waals surface area (Å²) in [5.74, 6) is -0.379. The van der Waals surface area contributed by atoms with Gasteiger partial charge in [-0.05, 0) is 0 Å². The molecule has 0 aliphatic carbocycles. The molecule has 1 aromatic heterocycles. The fraction of sp³-hybridized carbons (Fsp3) is 0.333. The molecule has 1 aromatic rings. The van der Waals surface area contributed by atoms with Crippen LogP contribution in [0, 0.1) is 0 Å². The fourth-order valence-electron chi connectivity index (χ4n) is 0.618. The molecule has 58 valence electrons. The van der Waals surface area contributed by atoms with E-state index in [-0.39, 0.29) is 5.97 Å². The molecule has 0 spiro atoms. The number of hydrogen-bond donors (Lipinski definition) is 0. The van der Waals surface area contributed by atoms with E-state index >= 15 is 0 Å². The molecule has 1 rings (SSSR count). The number of carbonyl (C=O) groups excluding carboxylic acids is 1. The average molecular weight is 177 g/mol. The molecule has 0 fully saturated rings. The van der Waals surface area contributed by atoms with Gasteiger partial charge in [-0.25, -0.2) is 0 Å². The van der Waals surface area contributed by atoms with E-state index < -0.39 is 5.72 Å². The van der Waals surface area contributed by atoms with Gasteiger partial charge in [0.25, 0.3) is 0 Å². The van der Waals surface area contributed by atoms with Crippen molar-refractivity contribution >= 4 is 33.2 Å². The number of ether oxygens (including phenoxy) is 1. The van der Waals surface area contributed by atoms with Crippen LogP contribution in [0.25, 0.3) is 0 Å². The molecule has 0 aliphatic heterocycles. The highest BCUT2D eigenvalue weighted by atomic mass is 32.1. The third-order valence-electron chi connectivity index (χ3n) is 1.09. The van der Waals surface area contributed by atoms with E-state index in [0.29, 0.717) is 10.8 Å². The van der Waals surface area contributed by atoms with Crippen LogP contribution in [0.2, 0.25) is 0 Å². The van der Waals surface area contributed by atoms with Gasteiger partial charge >= 0.3 is 5.97 Å². The minimum Gasteiger partial charge on any atom is -0.414 e. The van der Waals surface area contributed by atoms with Crippen molar-refractivity contribution in [1.29, 1.82) is 0 Å².